The van der Waals surface area contributed by atoms with Crippen LogP contribution >= 0.6 is 27.3 Å². The Kier molecular flexibility index (Phi) is 3.54. The normalized spacial score (nSPS) is 10.3. The van der Waals surface area contributed by atoms with Gasteiger partial charge < -0.3 is 5.32 Å². The molecule has 1 N–H and O–H groups in total. The number of carbonyl (C=O) groups is 1. The largest absolute Gasteiger partial charge is 0.320 e. The first-order valence-electron chi connectivity index (χ1n) is 4.75. The van der Waals surface area contributed by atoms with Gasteiger partial charge >= 0.3 is 0 Å². The predicted octanol–water partition coefficient (Wildman–Crippen LogP) is 3.61. The van der Waals surface area contributed by atoms with Crippen molar-refractivity contribution >= 4 is 38.9 Å². The zero-order valence-electron chi connectivity index (χ0n) is 8.83. The molecule has 0 aliphatic heterocycles. The molecule has 0 saturated heterocycles. The van der Waals surface area contributed by atoms with Gasteiger partial charge in [0.15, 0.2) is 0 Å². The van der Waals surface area contributed by atoms with Crippen LogP contribution in [0, 0.1) is 12.7 Å². The van der Waals surface area contributed by atoms with E-state index in [1.807, 2.05) is 6.92 Å². The van der Waals surface area contributed by atoms with Crippen molar-refractivity contribution in [2.45, 2.75) is 6.92 Å². The Hall–Kier alpha value is -1.27. The molecule has 0 radical (unpaired) electrons. The van der Waals surface area contributed by atoms with Crippen LogP contribution in [0.4, 0.5) is 10.1 Å². The van der Waals surface area contributed by atoms with Crippen molar-refractivity contribution < 1.29 is 9.18 Å². The summed E-state index contributed by atoms with van der Waals surface area (Å²) in [5.41, 5.74) is 0.404. The van der Waals surface area contributed by atoms with Crippen molar-refractivity contribution in [2.24, 2.45) is 0 Å². The first-order valence-corrected chi connectivity index (χ1v) is 6.36. The lowest BCUT2D eigenvalue weighted by Crippen LogP contribution is -2.10. The van der Waals surface area contributed by atoms with Gasteiger partial charge in [-0.15, -0.1) is 11.3 Å². The highest BCUT2D eigenvalue weighted by Gasteiger charge is 2.11. The summed E-state index contributed by atoms with van der Waals surface area (Å²) in [6.45, 7) is 1.82. The van der Waals surface area contributed by atoms with E-state index in [-0.39, 0.29) is 5.91 Å². The van der Waals surface area contributed by atoms with Crippen LogP contribution < -0.4 is 5.32 Å². The number of nitrogens with zero attached hydrogens (tertiary/aromatic N) is 1. The van der Waals surface area contributed by atoms with E-state index < -0.39 is 5.82 Å². The van der Waals surface area contributed by atoms with E-state index in [0.29, 0.717) is 15.0 Å². The fourth-order valence-electron chi connectivity index (χ4n) is 1.24. The first-order chi connectivity index (χ1) is 8.06. The van der Waals surface area contributed by atoms with E-state index in [4.69, 9.17) is 0 Å². The number of carbonyl (C=O) groups excluding carboxylic acids is 1. The fraction of sp³-hybridized carbons (Fsp3) is 0.0909. The predicted molar refractivity (Wildman–Crippen MR) is 68.9 cm³/mol. The first kappa shape index (κ1) is 12.2. The highest BCUT2D eigenvalue weighted by molar-refractivity contribution is 9.10. The number of anilines is 1. The van der Waals surface area contributed by atoms with Crippen LogP contribution in [0.1, 0.15) is 14.7 Å². The van der Waals surface area contributed by atoms with Gasteiger partial charge in [-0.2, -0.15) is 0 Å². The molecule has 0 fully saturated rings. The van der Waals surface area contributed by atoms with Crippen LogP contribution in [0.5, 0.6) is 0 Å². The van der Waals surface area contributed by atoms with Crippen LogP contribution in [0.15, 0.2) is 28.9 Å². The van der Waals surface area contributed by atoms with Gasteiger partial charge in [0, 0.05) is 4.47 Å². The molecule has 2 rings (SSSR count). The topological polar surface area (TPSA) is 42.0 Å². The van der Waals surface area contributed by atoms with Gasteiger partial charge in [0.05, 0.1) is 16.9 Å². The van der Waals surface area contributed by atoms with Gasteiger partial charge in [0.25, 0.3) is 5.91 Å². The number of rotatable bonds is 2. The minimum absolute atomic E-state index is 0.290. The smallest absolute Gasteiger partial charge is 0.267 e. The van der Waals surface area contributed by atoms with Crippen LogP contribution in [-0.4, -0.2) is 10.9 Å². The fourth-order valence-corrected chi connectivity index (χ4v) is 2.26. The van der Waals surface area contributed by atoms with E-state index in [9.17, 15) is 9.18 Å². The molecular weight excluding hydrogens is 307 g/mol. The molecule has 0 aliphatic rings. The van der Waals surface area contributed by atoms with Crippen molar-refractivity contribution in [3.63, 3.8) is 0 Å². The summed E-state index contributed by atoms with van der Waals surface area (Å²) in [6, 6.07) is 4.12. The molecule has 0 saturated carbocycles. The van der Waals surface area contributed by atoms with Gasteiger partial charge in [-0.1, -0.05) is 0 Å². The maximum atomic E-state index is 13.0. The van der Waals surface area contributed by atoms with E-state index in [1.54, 1.807) is 6.07 Å². The summed E-state index contributed by atoms with van der Waals surface area (Å²) in [4.78, 5) is 16.3. The summed E-state index contributed by atoms with van der Waals surface area (Å²) in [6.07, 6.45) is 1.50. The third-order valence-corrected chi connectivity index (χ3v) is 3.62. The van der Waals surface area contributed by atoms with Crippen LogP contribution in [0.3, 0.4) is 0 Å². The standard InChI is InChI=1S/C11H8BrFN2OS/c1-6-14-5-10(17-6)11(16)15-9-4-7(13)2-3-8(9)12/h2-5H,1H3,(H,15,16). The summed E-state index contributed by atoms with van der Waals surface area (Å²) in [5.74, 6) is -0.689. The monoisotopic (exact) mass is 314 g/mol. The molecule has 0 aliphatic carbocycles. The highest BCUT2D eigenvalue weighted by atomic mass is 79.9. The van der Waals surface area contributed by atoms with E-state index in [0.717, 1.165) is 5.01 Å². The van der Waals surface area contributed by atoms with Gasteiger partial charge in [0.1, 0.15) is 10.7 Å². The molecular formula is C11H8BrFN2OS. The second-order valence-electron chi connectivity index (χ2n) is 3.32. The average Bonchev–Trinajstić information content (AvgIpc) is 2.70. The number of halogens is 2. The second kappa shape index (κ2) is 4.93. The number of nitrogens with one attached hydrogen (secondary N) is 1. The van der Waals surface area contributed by atoms with Gasteiger partial charge in [-0.05, 0) is 41.1 Å². The zero-order chi connectivity index (χ0) is 12.4. The summed E-state index contributed by atoms with van der Waals surface area (Å²) >= 11 is 4.54. The van der Waals surface area contributed by atoms with E-state index in [2.05, 4.69) is 26.2 Å². The van der Waals surface area contributed by atoms with Crippen molar-refractivity contribution in [2.75, 3.05) is 5.32 Å². The number of amides is 1. The van der Waals surface area contributed by atoms with E-state index in [1.165, 1.54) is 29.7 Å². The molecule has 88 valence electrons. The minimum atomic E-state index is -0.399. The van der Waals surface area contributed by atoms with Crippen LogP contribution in [0.2, 0.25) is 0 Å². The molecule has 6 heteroatoms. The van der Waals surface area contributed by atoms with Crippen molar-refractivity contribution in [3.05, 3.63) is 44.6 Å². The number of thiazole rings is 1. The van der Waals surface area contributed by atoms with Gasteiger partial charge in [0.2, 0.25) is 0 Å². The van der Waals surface area contributed by atoms with E-state index >= 15 is 0 Å². The third kappa shape index (κ3) is 2.89. The molecule has 1 aromatic carbocycles. The molecule has 3 nitrogen and oxygen atoms in total. The maximum absolute atomic E-state index is 13.0. The number of hydrogen-bond acceptors (Lipinski definition) is 3. The van der Waals surface area contributed by atoms with Crippen LogP contribution in [-0.2, 0) is 0 Å². The molecule has 0 bridgehead atoms. The Morgan fingerprint density at radius 2 is 2.29 bits per heavy atom. The SMILES string of the molecule is Cc1ncc(C(=O)Nc2cc(F)ccc2Br)s1. The van der Waals surface area contributed by atoms with Crippen molar-refractivity contribution in [3.8, 4) is 0 Å². The maximum Gasteiger partial charge on any atom is 0.267 e. The molecule has 1 aromatic heterocycles. The lowest BCUT2D eigenvalue weighted by atomic mass is 10.3. The molecule has 2 aromatic rings. The Bertz CT molecular complexity index is 570. The van der Waals surface area contributed by atoms with Gasteiger partial charge in [-0.3, -0.25) is 4.79 Å². The molecule has 1 heterocycles. The number of hydrogen-bond donors (Lipinski definition) is 1. The summed E-state index contributed by atoms with van der Waals surface area (Å²) in [5, 5.41) is 3.44. The van der Waals surface area contributed by atoms with Crippen molar-refractivity contribution in [1.29, 1.82) is 0 Å². The molecule has 1 amide bonds. The molecule has 0 unspecified atom stereocenters. The minimum Gasteiger partial charge on any atom is -0.320 e. The Morgan fingerprint density at radius 3 is 2.94 bits per heavy atom. The molecule has 17 heavy (non-hydrogen) atoms. The van der Waals surface area contributed by atoms with Gasteiger partial charge in [-0.25, -0.2) is 9.37 Å². The Morgan fingerprint density at radius 1 is 1.53 bits per heavy atom. The number of aryl methyl sites for hydroxylation is 1. The molecule has 0 atom stereocenters. The lowest BCUT2D eigenvalue weighted by Gasteiger charge is -2.05. The highest BCUT2D eigenvalue weighted by Crippen LogP contribution is 2.24. The Labute approximate surface area is 110 Å². The average molecular weight is 315 g/mol. The Balaban J connectivity index is 2.21. The number of aromatic nitrogens is 1. The van der Waals surface area contributed by atoms with Crippen molar-refractivity contribution in [1.82, 2.24) is 4.98 Å². The zero-order valence-corrected chi connectivity index (χ0v) is 11.2. The quantitative estimate of drug-likeness (QED) is 0.920. The summed E-state index contributed by atoms with van der Waals surface area (Å²) < 4.78 is 13.7. The molecule has 0 spiro atoms. The van der Waals surface area contributed by atoms with Crippen LogP contribution in [0.25, 0.3) is 0 Å². The lowest BCUT2D eigenvalue weighted by molar-refractivity contribution is 0.103. The summed E-state index contributed by atoms with van der Waals surface area (Å²) in [7, 11) is 0. The third-order valence-electron chi connectivity index (χ3n) is 2.02. The second-order valence-corrected chi connectivity index (χ2v) is 5.41. The number of benzene rings is 1.